The third kappa shape index (κ3) is 11.7. The predicted octanol–water partition coefficient (Wildman–Crippen LogP) is 18.2. The molecule has 7 rings (SSSR count). The van der Waals surface area contributed by atoms with Crippen LogP contribution in [0.25, 0.3) is 65.3 Å². The van der Waals surface area contributed by atoms with Gasteiger partial charge in [0.2, 0.25) is 0 Å². The molecule has 60 heavy (non-hydrogen) atoms. The van der Waals surface area contributed by atoms with Gasteiger partial charge in [-0.2, -0.15) is 0 Å². The molecule has 0 radical (unpaired) electrons. The number of unbranched alkanes of at least 4 members (excludes halogenated alkanes) is 18. The van der Waals surface area contributed by atoms with Crippen molar-refractivity contribution in [1.82, 2.24) is 0 Å². The van der Waals surface area contributed by atoms with Crippen LogP contribution in [0.15, 0.2) is 121 Å². The van der Waals surface area contributed by atoms with E-state index < -0.39 is 0 Å². The third-order valence-corrected chi connectivity index (χ3v) is 12.7. The second-order valence-electron chi connectivity index (χ2n) is 17.3. The third-order valence-electron chi connectivity index (χ3n) is 12.7. The average Bonchev–Trinajstić information content (AvgIpc) is 3.29. The summed E-state index contributed by atoms with van der Waals surface area (Å²) >= 11 is 0. The molecular weight excluding hydrogens is 729 g/mol. The Morgan fingerprint density at radius 2 is 0.617 bits per heavy atom. The van der Waals surface area contributed by atoms with Gasteiger partial charge in [-0.1, -0.05) is 202 Å². The molecule has 0 atom stereocenters. The quantitative estimate of drug-likeness (QED) is 0.0309. The first-order valence-electron chi connectivity index (χ1n) is 24.0. The predicted molar refractivity (Wildman–Crippen MR) is 262 cm³/mol. The molecule has 0 saturated heterocycles. The van der Waals surface area contributed by atoms with Gasteiger partial charge in [0, 0.05) is 0 Å². The molecule has 2 nitrogen and oxygen atoms in total. The fraction of sp³-hybridized carbons (Fsp3) is 0.414. The Morgan fingerprint density at radius 3 is 0.967 bits per heavy atom. The van der Waals surface area contributed by atoms with E-state index in [1.54, 1.807) is 0 Å². The van der Waals surface area contributed by atoms with Gasteiger partial charge in [-0.05, 0) is 127 Å². The van der Waals surface area contributed by atoms with Crippen LogP contribution < -0.4 is 9.47 Å². The van der Waals surface area contributed by atoms with E-state index in [0.717, 1.165) is 37.6 Å². The maximum Gasteiger partial charge on any atom is 0.119 e. The molecule has 0 bridgehead atoms. The van der Waals surface area contributed by atoms with Crippen LogP contribution in [0.4, 0.5) is 0 Å². The maximum absolute atomic E-state index is 6.20. The van der Waals surface area contributed by atoms with Crippen molar-refractivity contribution in [3.63, 3.8) is 0 Å². The van der Waals surface area contributed by atoms with Crippen molar-refractivity contribution < 1.29 is 9.47 Å². The molecule has 314 valence electrons. The molecule has 0 aliphatic heterocycles. The summed E-state index contributed by atoms with van der Waals surface area (Å²) in [6, 6.07) is 45.0. The highest BCUT2D eigenvalue weighted by Crippen LogP contribution is 2.41. The van der Waals surface area contributed by atoms with Crippen LogP contribution in [-0.4, -0.2) is 13.2 Å². The van der Waals surface area contributed by atoms with Crippen LogP contribution in [-0.2, 0) is 0 Å². The Morgan fingerprint density at radius 1 is 0.300 bits per heavy atom. The van der Waals surface area contributed by atoms with Gasteiger partial charge < -0.3 is 9.47 Å². The van der Waals surface area contributed by atoms with Crippen molar-refractivity contribution in [2.24, 2.45) is 0 Å². The van der Waals surface area contributed by atoms with E-state index in [1.807, 2.05) is 0 Å². The lowest BCUT2D eigenvalue weighted by molar-refractivity contribution is 0.304. The molecular formula is C58H70O2. The first kappa shape index (κ1) is 43.3. The number of ether oxygens (including phenoxy) is 2. The van der Waals surface area contributed by atoms with Crippen molar-refractivity contribution >= 4 is 43.1 Å². The summed E-state index contributed by atoms with van der Waals surface area (Å²) in [5.74, 6) is 1.92. The molecule has 0 saturated carbocycles. The van der Waals surface area contributed by atoms with Crippen molar-refractivity contribution in [3.05, 3.63) is 121 Å². The Labute approximate surface area is 361 Å². The van der Waals surface area contributed by atoms with Gasteiger partial charge in [0.1, 0.15) is 11.5 Å². The topological polar surface area (TPSA) is 18.5 Å². The zero-order valence-corrected chi connectivity index (χ0v) is 36.9. The maximum atomic E-state index is 6.20. The average molecular weight is 799 g/mol. The van der Waals surface area contributed by atoms with Gasteiger partial charge in [0.05, 0.1) is 13.2 Å². The summed E-state index contributed by atoms with van der Waals surface area (Å²) in [5.41, 5.74) is 4.96. The molecule has 0 spiro atoms. The highest BCUT2D eigenvalue weighted by Gasteiger charge is 2.14. The summed E-state index contributed by atoms with van der Waals surface area (Å²) in [4.78, 5) is 0. The number of fused-ring (bicyclic) bond motifs is 6. The number of rotatable bonds is 26. The highest BCUT2D eigenvalue weighted by molar-refractivity contribution is 6.21. The van der Waals surface area contributed by atoms with Crippen molar-refractivity contribution in [2.75, 3.05) is 13.2 Å². The second kappa shape index (κ2) is 23.3. The highest BCUT2D eigenvalue weighted by atomic mass is 16.5. The van der Waals surface area contributed by atoms with Crippen molar-refractivity contribution in [3.8, 4) is 33.8 Å². The smallest absolute Gasteiger partial charge is 0.119 e. The number of hydrogen-bond acceptors (Lipinski definition) is 2. The lowest BCUT2D eigenvalue weighted by Crippen LogP contribution is -1.97. The largest absolute Gasteiger partial charge is 0.494 e. The summed E-state index contributed by atoms with van der Waals surface area (Å²) in [6.07, 6.45) is 26.7. The molecule has 0 aromatic heterocycles. The van der Waals surface area contributed by atoms with E-state index in [4.69, 9.17) is 9.47 Å². The Balaban J connectivity index is 1.02. The van der Waals surface area contributed by atoms with Crippen LogP contribution in [0.5, 0.6) is 11.5 Å². The molecule has 7 aromatic carbocycles. The lowest BCUT2D eigenvalue weighted by Gasteiger charge is -2.15. The van der Waals surface area contributed by atoms with Gasteiger partial charge in [-0.3, -0.25) is 0 Å². The molecule has 0 heterocycles. The lowest BCUT2D eigenvalue weighted by atomic mass is 9.89. The monoisotopic (exact) mass is 799 g/mol. The van der Waals surface area contributed by atoms with Crippen LogP contribution in [0.2, 0.25) is 0 Å². The summed E-state index contributed by atoms with van der Waals surface area (Å²) in [6.45, 7) is 6.15. The minimum Gasteiger partial charge on any atom is -0.494 e. The van der Waals surface area contributed by atoms with E-state index in [-0.39, 0.29) is 0 Å². The Hall–Kier alpha value is -4.82. The van der Waals surface area contributed by atoms with Gasteiger partial charge in [0.25, 0.3) is 0 Å². The molecule has 7 aromatic rings. The van der Waals surface area contributed by atoms with Crippen LogP contribution in [0, 0.1) is 0 Å². The molecule has 0 aliphatic carbocycles. The summed E-state index contributed by atoms with van der Waals surface area (Å²) < 4.78 is 12.4. The van der Waals surface area contributed by atoms with Crippen LogP contribution in [0.1, 0.15) is 142 Å². The molecule has 0 fully saturated rings. The standard InChI is InChI=1S/C58H70O2/c1-3-5-7-9-11-13-15-17-19-25-39-59-49-35-31-45(32-36-49)55-41-47-43-58-48(44-57(47)53-29-23-21-27-51(53)55)42-56(52-28-22-24-30-54(52)58)46-33-37-50(38-34-46)60-40-26-20-18-16-14-12-10-8-6-4-2/h21-24,27-38,41-44H,3-20,25-26,39-40H2,1-2H3. The van der Waals surface area contributed by atoms with E-state index in [2.05, 4.69) is 135 Å². The van der Waals surface area contributed by atoms with Gasteiger partial charge in [0.15, 0.2) is 0 Å². The van der Waals surface area contributed by atoms with E-state index in [1.165, 1.54) is 181 Å². The number of benzene rings is 7. The van der Waals surface area contributed by atoms with Gasteiger partial charge in [-0.25, -0.2) is 0 Å². The Kier molecular flexibility index (Phi) is 16.8. The van der Waals surface area contributed by atoms with E-state index in [0.29, 0.717) is 0 Å². The van der Waals surface area contributed by atoms with Crippen LogP contribution in [0.3, 0.4) is 0 Å². The zero-order chi connectivity index (χ0) is 41.2. The second-order valence-corrected chi connectivity index (χ2v) is 17.3. The van der Waals surface area contributed by atoms with Crippen molar-refractivity contribution in [2.45, 2.75) is 142 Å². The van der Waals surface area contributed by atoms with E-state index >= 15 is 0 Å². The first-order valence-corrected chi connectivity index (χ1v) is 24.0. The van der Waals surface area contributed by atoms with Crippen LogP contribution >= 0.6 is 0 Å². The molecule has 0 amide bonds. The van der Waals surface area contributed by atoms with Gasteiger partial charge in [-0.15, -0.1) is 0 Å². The Bertz CT molecular complexity index is 2180. The van der Waals surface area contributed by atoms with Gasteiger partial charge >= 0.3 is 0 Å². The SMILES string of the molecule is CCCCCCCCCCCCOc1ccc(-c2cc3cc4c(cc(-c5ccc(OCCCCCCCCCCCC)cc5)c5ccccc54)cc3c3ccccc23)cc1. The molecule has 0 N–H and O–H groups in total. The zero-order valence-electron chi connectivity index (χ0n) is 36.9. The van der Waals surface area contributed by atoms with E-state index in [9.17, 15) is 0 Å². The fourth-order valence-electron chi connectivity index (χ4n) is 9.21. The minimum atomic E-state index is 0.788. The molecule has 0 aliphatic rings. The molecule has 0 unspecified atom stereocenters. The fourth-order valence-corrected chi connectivity index (χ4v) is 9.21. The first-order chi connectivity index (χ1) is 29.7. The molecule has 2 heteroatoms. The number of hydrogen-bond donors (Lipinski definition) is 0. The normalized spacial score (nSPS) is 11.6. The minimum absolute atomic E-state index is 0.788. The van der Waals surface area contributed by atoms with Crippen molar-refractivity contribution in [1.29, 1.82) is 0 Å². The summed E-state index contributed by atoms with van der Waals surface area (Å²) in [7, 11) is 0. The summed E-state index contributed by atoms with van der Waals surface area (Å²) in [5, 5.41) is 10.2.